The number of aromatic carboxylic acids is 1. The fourth-order valence-corrected chi connectivity index (χ4v) is 3.34. The van der Waals surface area contributed by atoms with Crippen LogP contribution >= 0.6 is 0 Å². The first-order valence-corrected chi connectivity index (χ1v) is 8.76. The summed E-state index contributed by atoms with van der Waals surface area (Å²) in [6.07, 6.45) is 2.06. The average molecular weight is 350 g/mol. The third-order valence-corrected chi connectivity index (χ3v) is 4.88. The second kappa shape index (κ2) is 6.82. The number of anilines is 2. The van der Waals surface area contributed by atoms with E-state index in [9.17, 15) is 9.90 Å². The van der Waals surface area contributed by atoms with Gasteiger partial charge in [-0.25, -0.2) is 9.80 Å². The van der Waals surface area contributed by atoms with Crippen LogP contribution in [0.4, 0.5) is 11.4 Å². The van der Waals surface area contributed by atoms with Crippen LogP contribution in [0.5, 0.6) is 0 Å². The van der Waals surface area contributed by atoms with Crippen molar-refractivity contribution in [2.24, 2.45) is 0 Å². The number of benzene rings is 2. The first-order chi connectivity index (χ1) is 12.6. The number of carbonyl (C=O) groups is 1. The Morgan fingerprint density at radius 3 is 2.46 bits per heavy atom. The summed E-state index contributed by atoms with van der Waals surface area (Å²) in [7, 11) is 2.12. The van der Waals surface area contributed by atoms with Crippen LogP contribution in [0.2, 0.25) is 0 Å². The molecule has 2 aliphatic rings. The number of nitrogens with one attached hydrogen (secondary N) is 1. The average Bonchev–Trinajstić information content (AvgIpc) is 2.68. The van der Waals surface area contributed by atoms with Gasteiger partial charge in [0.1, 0.15) is 0 Å². The lowest BCUT2D eigenvalue weighted by Crippen LogP contribution is -2.52. The molecule has 2 N–H and O–H groups in total. The molecule has 0 saturated carbocycles. The molecular weight excluding hydrogens is 328 g/mol. The Bertz CT molecular complexity index is 842. The van der Waals surface area contributed by atoms with E-state index >= 15 is 0 Å². The number of piperazine rings is 1. The van der Waals surface area contributed by atoms with Crippen molar-refractivity contribution in [1.29, 1.82) is 0 Å². The van der Waals surface area contributed by atoms with E-state index in [1.54, 1.807) is 12.1 Å². The van der Waals surface area contributed by atoms with Crippen molar-refractivity contribution in [1.82, 2.24) is 9.91 Å². The largest absolute Gasteiger partial charge is 0.478 e. The summed E-state index contributed by atoms with van der Waals surface area (Å²) >= 11 is 0. The van der Waals surface area contributed by atoms with Gasteiger partial charge in [0, 0.05) is 32.4 Å². The maximum Gasteiger partial charge on any atom is 0.335 e. The standard InChI is InChI=1S/C20H22N4O2/c1-22-9-11-23(12-10-22)24-14-18(15-5-3-2-4-6-15)21-17-8-7-16(20(25)26)13-19(17)24/h2-8,13-14,21H,9-12H2,1H3,(H,25,26). The molecule has 2 aromatic carbocycles. The number of nitrogens with zero attached hydrogens (tertiary/aromatic N) is 3. The van der Waals surface area contributed by atoms with Crippen LogP contribution in [0.3, 0.4) is 0 Å². The summed E-state index contributed by atoms with van der Waals surface area (Å²) in [5.41, 5.74) is 4.17. The number of carboxylic acid groups (broad SMARTS) is 1. The molecule has 0 radical (unpaired) electrons. The highest BCUT2D eigenvalue weighted by molar-refractivity contribution is 5.94. The Morgan fingerprint density at radius 2 is 1.77 bits per heavy atom. The molecule has 0 atom stereocenters. The molecule has 0 spiro atoms. The van der Waals surface area contributed by atoms with Gasteiger partial charge in [-0.05, 0) is 30.8 Å². The van der Waals surface area contributed by atoms with Crippen LogP contribution in [-0.2, 0) is 0 Å². The van der Waals surface area contributed by atoms with Crippen molar-refractivity contribution in [2.45, 2.75) is 0 Å². The van der Waals surface area contributed by atoms with Crippen molar-refractivity contribution < 1.29 is 9.90 Å². The van der Waals surface area contributed by atoms with Crippen molar-refractivity contribution >= 4 is 23.0 Å². The van der Waals surface area contributed by atoms with Gasteiger partial charge in [0.15, 0.2) is 0 Å². The predicted molar refractivity (Wildman–Crippen MR) is 103 cm³/mol. The Balaban J connectivity index is 1.75. The quantitative estimate of drug-likeness (QED) is 0.888. The number of carboxylic acids is 1. The van der Waals surface area contributed by atoms with E-state index in [4.69, 9.17) is 0 Å². The van der Waals surface area contributed by atoms with Gasteiger partial charge < -0.3 is 15.3 Å². The molecule has 1 saturated heterocycles. The Kier molecular flexibility index (Phi) is 4.36. The van der Waals surface area contributed by atoms with Crippen LogP contribution in [0.25, 0.3) is 5.70 Å². The lowest BCUT2D eigenvalue weighted by atomic mass is 10.1. The van der Waals surface area contributed by atoms with Gasteiger partial charge in [0.25, 0.3) is 0 Å². The van der Waals surface area contributed by atoms with E-state index in [-0.39, 0.29) is 0 Å². The summed E-state index contributed by atoms with van der Waals surface area (Å²) in [6, 6.07) is 15.4. The minimum Gasteiger partial charge on any atom is -0.478 e. The summed E-state index contributed by atoms with van der Waals surface area (Å²) in [5, 5.41) is 17.2. The molecule has 2 aromatic rings. The molecule has 2 heterocycles. The van der Waals surface area contributed by atoms with Crippen molar-refractivity contribution in [2.75, 3.05) is 43.6 Å². The van der Waals surface area contributed by atoms with Gasteiger partial charge in [-0.15, -0.1) is 0 Å². The lowest BCUT2D eigenvalue weighted by Gasteiger charge is -2.42. The minimum atomic E-state index is -0.913. The molecule has 2 aliphatic heterocycles. The number of fused-ring (bicyclic) bond motifs is 1. The predicted octanol–water partition coefficient (Wildman–Crippen LogP) is 2.78. The fourth-order valence-electron chi connectivity index (χ4n) is 3.34. The molecular formula is C20H22N4O2. The first-order valence-electron chi connectivity index (χ1n) is 8.76. The molecule has 0 aromatic heterocycles. The van der Waals surface area contributed by atoms with Crippen molar-refractivity contribution in [3.63, 3.8) is 0 Å². The maximum atomic E-state index is 11.4. The van der Waals surface area contributed by atoms with E-state index in [1.165, 1.54) is 0 Å². The molecule has 0 aliphatic carbocycles. The zero-order valence-corrected chi connectivity index (χ0v) is 14.7. The SMILES string of the molecule is CN1CCN(N2C=C(c3ccccc3)Nc3ccc(C(=O)O)cc32)CC1. The Morgan fingerprint density at radius 1 is 1.04 bits per heavy atom. The van der Waals surface area contributed by atoms with Crippen LogP contribution < -0.4 is 10.3 Å². The zero-order valence-electron chi connectivity index (χ0n) is 14.7. The van der Waals surface area contributed by atoms with Crippen molar-refractivity contribution in [3.05, 3.63) is 65.9 Å². The van der Waals surface area contributed by atoms with Gasteiger partial charge in [-0.3, -0.25) is 5.01 Å². The third kappa shape index (κ3) is 3.16. The van der Waals surface area contributed by atoms with Gasteiger partial charge in [-0.2, -0.15) is 0 Å². The number of hydrogen-bond donors (Lipinski definition) is 2. The molecule has 4 rings (SSSR count). The normalized spacial score (nSPS) is 18.0. The second-order valence-corrected chi connectivity index (χ2v) is 6.67. The van der Waals surface area contributed by atoms with Crippen molar-refractivity contribution in [3.8, 4) is 0 Å². The maximum absolute atomic E-state index is 11.4. The van der Waals surface area contributed by atoms with Crippen LogP contribution in [-0.4, -0.2) is 54.2 Å². The summed E-state index contributed by atoms with van der Waals surface area (Å²) in [5.74, 6) is -0.913. The van der Waals surface area contributed by atoms with Gasteiger partial charge in [-0.1, -0.05) is 30.3 Å². The van der Waals surface area contributed by atoms with Gasteiger partial charge in [0.2, 0.25) is 0 Å². The van der Waals surface area contributed by atoms with E-state index in [0.717, 1.165) is 48.8 Å². The Hall–Kier alpha value is -2.83. The molecule has 1 fully saturated rings. The molecule has 134 valence electrons. The van der Waals surface area contributed by atoms with E-state index < -0.39 is 5.97 Å². The smallest absolute Gasteiger partial charge is 0.335 e. The van der Waals surface area contributed by atoms with E-state index in [2.05, 4.69) is 45.6 Å². The van der Waals surface area contributed by atoms with E-state index in [1.807, 2.05) is 24.3 Å². The fraction of sp³-hybridized carbons (Fsp3) is 0.250. The van der Waals surface area contributed by atoms with Gasteiger partial charge >= 0.3 is 5.97 Å². The first kappa shape index (κ1) is 16.6. The molecule has 0 unspecified atom stereocenters. The highest BCUT2D eigenvalue weighted by atomic mass is 16.4. The monoisotopic (exact) mass is 350 g/mol. The summed E-state index contributed by atoms with van der Waals surface area (Å²) < 4.78 is 0. The molecule has 0 bridgehead atoms. The van der Waals surface area contributed by atoms with Crippen LogP contribution in [0.15, 0.2) is 54.7 Å². The number of hydrogen-bond acceptors (Lipinski definition) is 5. The molecule has 6 heteroatoms. The van der Waals surface area contributed by atoms with Crippen LogP contribution in [0.1, 0.15) is 15.9 Å². The van der Waals surface area contributed by atoms with E-state index in [0.29, 0.717) is 5.56 Å². The van der Waals surface area contributed by atoms with Gasteiger partial charge in [0.05, 0.1) is 22.6 Å². The third-order valence-electron chi connectivity index (χ3n) is 4.88. The highest BCUT2D eigenvalue weighted by Crippen LogP contribution is 2.36. The lowest BCUT2D eigenvalue weighted by molar-refractivity contribution is 0.0697. The molecule has 6 nitrogen and oxygen atoms in total. The number of hydrazine groups is 1. The Labute approximate surface area is 152 Å². The zero-order chi connectivity index (χ0) is 18.1. The molecule has 26 heavy (non-hydrogen) atoms. The second-order valence-electron chi connectivity index (χ2n) is 6.67. The summed E-state index contributed by atoms with van der Waals surface area (Å²) in [4.78, 5) is 13.7. The van der Waals surface area contributed by atoms with Crippen LogP contribution in [0, 0.1) is 0 Å². The number of rotatable bonds is 3. The minimum absolute atomic E-state index is 0.293. The summed E-state index contributed by atoms with van der Waals surface area (Å²) in [6.45, 7) is 3.75. The highest BCUT2D eigenvalue weighted by Gasteiger charge is 2.26. The topological polar surface area (TPSA) is 59.0 Å². The molecule has 0 amide bonds. The number of likely N-dealkylation sites (N-methyl/N-ethyl adjacent to an activating group) is 1.